The van der Waals surface area contributed by atoms with Crippen molar-refractivity contribution < 1.29 is 9.13 Å². The van der Waals surface area contributed by atoms with Gasteiger partial charge in [-0.1, -0.05) is 6.92 Å². The summed E-state index contributed by atoms with van der Waals surface area (Å²) in [6.45, 7) is 6.23. The minimum atomic E-state index is -0.412. The lowest BCUT2D eigenvalue weighted by Gasteiger charge is -2.13. The SMILES string of the molecule is CCCc1nc(-c2ccc(OC)c(F)c2)c(N)n1C(C)C. The maximum Gasteiger partial charge on any atom is 0.165 e. The molecular formula is C16H22FN3O. The first-order valence-electron chi connectivity index (χ1n) is 7.20. The van der Waals surface area contributed by atoms with Crippen LogP contribution in [0, 0.1) is 5.82 Å². The second kappa shape index (κ2) is 6.16. The molecule has 2 N–H and O–H groups in total. The molecule has 5 heteroatoms. The molecule has 0 saturated heterocycles. The van der Waals surface area contributed by atoms with E-state index in [0.29, 0.717) is 17.1 Å². The molecule has 114 valence electrons. The van der Waals surface area contributed by atoms with Crippen LogP contribution >= 0.6 is 0 Å². The number of hydrogen-bond acceptors (Lipinski definition) is 3. The number of nitrogens with two attached hydrogens (primary N) is 1. The van der Waals surface area contributed by atoms with Crippen LogP contribution < -0.4 is 10.5 Å². The van der Waals surface area contributed by atoms with E-state index in [1.165, 1.54) is 13.2 Å². The predicted molar refractivity (Wildman–Crippen MR) is 83.0 cm³/mol. The zero-order valence-corrected chi connectivity index (χ0v) is 13.0. The Morgan fingerprint density at radius 2 is 2.10 bits per heavy atom. The van der Waals surface area contributed by atoms with E-state index in [0.717, 1.165) is 18.7 Å². The van der Waals surface area contributed by atoms with Crippen LogP contribution in [-0.2, 0) is 6.42 Å². The number of benzene rings is 1. The van der Waals surface area contributed by atoms with Gasteiger partial charge in [-0.05, 0) is 38.5 Å². The fraction of sp³-hybridized carbons (Fsp3) is 0.438. The van der Waals surface area contributed by atoms with Gasteiger partial charge in [-0.15, -0.1) is 0 Å². The summed E-state index contributed by atoms with van der Waals surface area (Å²) in [4.78, 5) is 4.62. The van der Waals surface area contributed by atoms with Gasteiger partial charge in [0.15, 0.2) is 11.6 Å². The molecule has 4 nitrogen and oxygen atoms in total. The lowest BCUT2D eigenvalue weighted by Crippen LogP contribution is -2.09. The monoisotopic (exact) mass is 291 g/mol. The Kier molecular flexibility index (Phi) is 4.50. The first kappa shape index (κ1) is 15.4. The van der Waals surface area contributed by atoms with Crippen molar-refractivity contribution in [3.05, 3.63) is 29.8 Å². The molecule has 0 amide bonds. The van der Waals surface area contributed by atoms with Gasteiger partial charge in [0, 0.05) is 18.0 Å². The van der Waals surface area contributed by atoms with E-state index >= 15 is 0 Å². The van der Waals surface area contributed by atoms with Crippen LogP contribution in [0.5, 0.6) is 5.75 Å². The number of nitrogen functional groups attached to an aromatic ring is 1. The van der Waals surface area contributed by atoms with Gasteiger partial charge in [0.1, 0.15) is 17.3 Å². The topological polar surface area (TPSA) is 53.1 Å². The molecule has 0 spiro atoms. The zero-order chi connectivity index (χ0) is 15.6. The molecule has 0 unspecified atom stereocenters. The van der Waals surface area contributed by atoms with Crippen molar-refractivity contribution in [3.63, 3.8) is 0 Å². The molecule has 1 aromatic carbocycles. The number of aryl methyl sites for hydroxylation is 1. The third-order valence-electron chi connectivity index (χ3n) is 3.44. The Hall–Kier alpha value is -2.04. The van der Waals surface area contributed by atoms with Crippen molar-refractivity contribution in [1.82, 2.24) is 9.55 Å². The molecule has 2 rings (SSSR count). The van der Waals surface area contributed by atoms with Gasteiger partial charge in [0.05, 0.1) is 7.11 Å². The Balaban J connectivity index is 2.53. The molecule has 0 atom stereocenters. The number of nitrogens with zero attached hydrogens (tertiary/aromatic N) is 2. The van der Waals surface area contributed by atoms with Gasteiger partial charge in [-0.2, -0.15) is 0 Å². The molecule has 2 aromatic rings. The van der Waals surface area contributed by atoms with Crippen LogP contribution in [0.25, 0.3) is 11.3 Å². The van der Waals surface area contributed by atoms with Gasteiger partial charge in [-0.25, -0.2) is 9.37 Å². The molecule has 21 heavy (non-hydrogen) atoms. The summed E-state index contributed by atoms with van der Waals surface area (Å²) in [5.74, 6) is 1.33. The van der Waals surface area contributed by atoms with Gasteiger partial charge < -0.3 is 15.0 Å². The molecule has 1 aromatic heterocycles. The molecule has 0 bridgehead atoms. The number of imidazole rings is 1. The molecule has 0 aliphatic carbocycles. The van der Waals surface area contributed by atoms with Crippen molar-refractivity contribution >= 4 is 5.82 Å². The predicted octanol–water partition coefficient (Wildman–Crippen LogP) is 3.81. The summed E-state index contributed by atoms with van der Waals surface area (Å²) >= 11 is 0. The minimum absolute atomic E-state index is 0.217. The maximum atomic E-state index is 13.9. The first-order valence-corrected chi connectivity index (χ1v) is 7.20. The summed E-state index contributed by atoms with van der Waals surface area (Å²) in [6.07, 6.45) is 1.83. The van der Waals surface area contributed by atoms with Gasteiger partial charge >= 0.3 is 0 Å². The third-order valence-corrected chi connectivity index (χ3v) is 3.44. The Morgan fingerprint density at radius 3 is 2.62 bits per heavy atom. The van der Waals surface area contributed by atoms with Crippen LogP contribution in [0.3, 0.4) is 0 Å². The molecule has 0 fully saturated rings. The van der Waals surface area contributed by atoms with Crippen molar-refractivity contribution in [2.24, 2.45) is 0 Å². The lowest BCUT2D eigenvalue weighted by atomic mass is 10.1. The number of aromatic nitrogens is 2. The van der Waals surface area contributed by atoms with Crippen molar-refractivity contribution in [2.45, 2.75) is 39.7 Å². The minimum Gasteiger partial charge on any atom is -0.494 e. The second-order valence-electron chi connectivity index (χ2n) is 5.32. The fourth-order valence-corrected chi connectivity index (χ4v) is 2.50. The van der Waals surface area contributed by atoms with Crippen LogP contribution in [0.4, 0.5) is 10.2 Å². The highest BCUT2D eigenvalue weighted by Crippen LogP contribution is 2.31. The van der Waals surface area contributed by atoms with Gasteiger partial charge in [-0.3, -0.25) is 0 Å². The molecule has 0 saturated carbocycles. The first-order chi connectivity index (χ1) is 9.99. The van der Waals surface area contributed by atoms with Crippen LogP contribution in [0.15, 0.2) is 18.2 Å². The standard InChI is InChI=1S/C16H22FN3O/c1-5-6-14-19-15(16(18)20(14)10(2)3)11-7-8-13(21-4)12(17)9-11/h7-10H,5-6,18H2,1-4H3. The van der Waals surface area contributed by atoms with E-state index in [2.05, 4.69) is 25.8 Å². The highest BCUT2D eigenvalue weighted by molar-refractivity contribution is 5.71. The Labute approximate surface area is 124 Å². The average Bonchev–Trinajstić information content (AvgIpc) is 2.76. The normalized spacial score (nSPS) is 11.1. The molecule has 0 aliphatic heterocycles. The smallest absolute Gasteiger partial charge is 0.165 e. The quantitative estimate of drug-likeness (QED) is 0.911. The number of methoxy groups -OCH3 is 1. The highest BCUT2D eigenvalue weighted by Gasteiger charge is 2.18. The van der Waals surface area contributed by atoms with E-state index in [1.54, 1.807) is 12.1 Å². The van der Waals surface area contributed by atoms with E-state index in [-0.39, 0.29) is 11.8 Å². The van der Waals surface area contributed by atoms with Crippen molar-refractivity contribution in [2.75, 3.05) is 12.8 Å². The Bertz CT molecular complexity index is 635. The summed E-state index contributed by atoms with van der Waals surface area (Å²) in [5, 5.41) is 0. The van der Waals surface area contributed by atoms with Crippen LogP contribution in [0.1, 0.15) is 39.1 Å². The average molecular weight is 291 g/mol. The van der Waals surface area contributed by atoms with Crippen LogP contribution in [0.2, 0.25) is 0 Å². The molecule has 0 radical (unpaired) electrons. The van der Waals surface area contributed by atoms with Gasteiger partial charge in [0.2, 0.25) is 0 Å². The maximum absolute atomic E-state index is 13.9. The largest absolute Gasteiger partial charge is 0.494 e. The summed E-state index contributed by atoms with van der Waals surface area (Å²) in [5.41, 5.74) is 7.54. The Morgan fingerprint density at radius 1 is 1.38 bits per heavy atom. The third kappa shape index (κ3) is 2.86. The summed E-state index contributed by atoms with van der Waals surface area (Å²) in [6, 6.07) is 5.01. The second-order valence-corrected chi connectivity index (χ2v) is 5.32. The zero-order valence-electron chi connectivity index (χ0n) is 13.0. The number of anilines is 1. The fourth-order valence-electron chi connectivity index (χ4n) is 2.50. The summed E-state index contributed by atoms with van der Waals surface area (Å²) in [7, 11) is 1.44. The van der Waals surface area contributed by atoms with Crippen LogP contribution in [-0.4, -0.2) is 16.7 Å². The molecular weight excluding hydrogens is 269 g/mol. The number of hydrogen-bond donors (Lipinski definition) is 1. The highest BCUT2D eigenvalue weighted by atomic mass is 19.1. The van der Waals surface area contributed by atoms with E-state index < -0.39 is 5.82 Å². The van der Waals surface area contributed by atoms with E-state index in [1.807, 2.05) is 4.57 Å². The number of rotatable bonds is 5. The van der Waals surface area contributed by atoms with E-state index in [9.17, 15) is 4.39 Å². The molecule has 1 heterocycles. The molecule has 0 aliphatic rings. The van der Waals surface area contributed by atoms with Crippen molar-refractivity contribution in [3.8, 4) is 17.0 Å². The number of ether oxygens (including phenoxy) is 1. The lowest BCUT2D eigenvalue weighted by molar-refractivity contribution is 0.386. The number of halogens is 1. The van der Waals surface area contributed by atoms with E-state index in [4.69, 9.17) is 10.5 Å². The summed E-state index contributed by atoms with van der Waals surface area (Å²) < 4.78 is 20.8. The van der Waals surface area contributed by atoms with Gasteiger partial charge in [0.25, 0.3) is 0 Å². The van der Waals surface area contributed by atoms with Crippen molar-refractivity contribution in [1.29, 1.82) is 0 Å².